The standard InChI is InChI=1S/C14H19FO2S/c1-14(2,3)13(16)11-8-10(6-7-12(11)15)9-18(4,5)17/h6-8H,4,9H2,1-3,5H3. The van der Waals surface area contributed by atoms with Gasteiger partial charge in [-0.2, -0.15) is 0 Å². The van der Waals surface area contributed by atoms with E-state index in [4.69, 9.17) is 0 Å². The minimum absolute atomic E-state index is 0.0589. The maximum Gasteiger partial charge on any atom is 0.171 e. The highest BCUT2D eigenvalue weighted by atomic mass is 32.2. The van der Waals surface area contributed by atoms with Crippen LogP contribution >= 0.6 is 0 Å². The zero-order valence-corrected chi connectivity index (χ0v) is 12.1. The smallest absolute Gasteiger partial charge is 0.171 e. The topological polar surface area (TPSA) is 34.1 Å². The second-order valence-corrected chi connectivity index (χ2v) is 8.38. The Morgan fingerprint density at radius 3 is 2.39 bits per heavy atom. The van der Waals surface area contributed by atoms with Gasteiger partial charge in [-0.15, -0.1) is 0 Å². The maximum absolute atomic E-state index is 13.7. The molecular formula is C14H19FO2S. The zero-order chi connectivity index (χ0) is 14.1. The Balaban J connectivity index is 3.22. The maximum atomic E-state index is 13.7. The summed E-state index contributed by atoms with van der Waals surface area (Å²) in [5, 5.41) is 0. The third kappa shape index (κ3) is 3.95. The predicted octanol–water partition coefficient (Wildman–Crippen LogP) is 2.90. The van der Waals surface area contributed by atoms with E-state index in [2.05, 4.69) is 5.87 Å². The van der Waals surface area contributed by atoms with Crippen LogP contribution in [-0.2, 0) is 15.3 Å². The van der Waals surface area contributed by atoms with Gasteiger partial charge in [0.15, 0.2) is 5.78 Å². The van der Waals surface area contributed by atoms with E-state index in [9.17, 15) is 13.4 Å². The Morgan fingerprint density at radius 1 is 1.39 bits per heavy atom. The lowest BCUT2D eigenvalue weighted by atomic mass is 9.86. The Morgan fingerprint density at radius 2 is 1.94 bits per heavy atom. The molecule has 0 spiro atoms. The average molecular weight is 270 g/mol. The molecule has 0 aliphatic heterocycles. The highest BCUT2D eigenvalue weighted by Gasteiger charge is 2.25. The number of halogens is 1. The van der Waals surface area contributed by atoms with Crippen LogP contribution in [0, 0.1) is 11.2 Å². The summed E-state index contributed by atoms with van der Waals surface area (Å²) in [4.78, 5) is 12.1. The molecule has 18 heavy (non-hydrogen) atoms. The van der Waals surface area contributed by atoms with Crippen molar-refractivity contribution < 1.29 is 13.4 Å². The Labute approximate surface area is 108 Å². The van der Waals surface area contributed by atoms with Crippen molar-refractivity contribution in [1.29, 1.82) is 0 Å². The van der Waals surface area contributed by atoms with Gasteiger partial charge in [-0.05, 0) is 33.1 Å². The van der Waals surface area contributed by atoms with Crippen LogP contribution in [-0.4, -0.2) is 22.1 Å². The summed E-state index contributed by atoms with van der Waals surface area (Å²) in [5.41, 5.74) is 0.0903. The summed E-state index contributed by atoms with van der Waals surface area (Å²) in [6.07, 6.45) is 1.54. The Bertz CT molecular complexity index is 566. The van der Waals surface area contributed by atoms with Gasteiger partial charge in [0.2, 0.25) is 0 Å². The van der Waals surface area contributed by atoms with Crippen molar-refractivity contribution in [2.24, 2.45) is 5.41 Å². The normalized spacial score (nSPS) is 15.2. The molecule has 0 aliphatic carbocycles. The van der Waals surface area contributed by atoms with E-state index in [1.165, 1.54) is 12.1 Å². The summed E-state index contributed by atoms with van der Waals surface area (Å²) in [6.45, 7) is 5.23. The van der Waals surface area contributed by atoms with Gasteiger partial charge >= 0.3 is 0 Å². The van der Waals surface area contributed by atoms with Crippen molar-refractivity contribution >= 4 is 21.2 Å². The third-order valence-electron chi connectivity index (χ3n) is 2.43. The van der Waals surface area contributed by atoms with Crippen molar-refractivity contribution in [3.8, 4) is 0 Å². The fourth-order valence-corrected chi connectivity index (χ4v) is 2.48. The number of ketones is 1. The molecule has 0 bridgehead atoms. The molecule has 1 aromatic carbocycles. The van der Waals surface area contributed by atoms with Crippen LogP contribution < -0.4 is 0 Å². The summed E-state index contributed by atoms with van der Waals surface area (Å²) in [7, 11) is -2.20. The number of rotatable bonds is 3. The average Bonchev–Trinajstić information content (AvgIpc) is 2.16. The molecule has 0 amide bonds. The molecule has 1 unspecified atom stereocenters. The number of carbonyl (C=O) groups is 1. The van der Waals surface area contributed by atoms with Crippen molar-refractivity contribution in [3.05, 3.63) is 35.1 Å². The number of hydrogen-bond acceptors (Lipinski definition) is 2. The first-order chi connectivity index (χ1) is 8.00. The molecule has 0 saturated carbocycles. The van der Waals surface area contributed by atoms with Gasteiger partial charge in [-0.3, -0.25) is 9.00 Å². The number of carbonyl (C=O) groups excluding carboxylic acids is 1. The Kier molecular flexibility index (Phi) is 4.01. The van der Waals surface area contributed by atoms with Crippen LogP contribution in [0.5, 0.6) is 0 Å². The summed E-state index contributed by atoms with van der Waals surface area (Å²) < 4.78 is 25.3. The van der Waals surface area contributed by atoms with E-state index < -0.39 is 20.8 Å². The molecule has 0 fully saturated rings. The lowest BCUT2D eigenvalue weighted by Gasteiger charge is -2.17. The van der Waals surface area contributed by atoms with E-state index in [-0.39, 0.29) is 17.1 Å². The van der Waals surface area contributed by atoms with E-state index in [1.54, 1.807) is 33.1 Å². The molecule has 2 nitrogen and oxygen atoms in total. The second kappa shape index (κ2) is 4.84. The Hall–Kier alpha value is -1.16. The van der Waals surface area contributed by atoms with E-state index >= 15 is 0 Å². The quantitative estimate of drug-likeness (QED) is 0.625. The van der Waals surface area contributed by atoms with Gasteiger partial charge < -0.3 is 0 Å². The molecule has 0 aromatic heterocycles. The fourth-order valence-electron chi connectivity index (χ4n) is 1.59. The molecule has 0 N–H and O–H groups in total. The molecular weight excluding hydrogens is 251 g/mol. The van der Waals surface area contributed by atoms with Gasteiger partial charge in [-0.25, -0.2) is 4.39 Å². The first kappa shape index (κ1) is 14.9. The van der Waals surface area contributed by atoms with E-state index in [0.717, 1.165) is 0 Å². The minimum Gasteiger partial charge on any atom is -0.293 e. The van der Waals surface area contributed by atoms with Crippen LogP contribution in [0.25, 0.3) is 0 Å². The zero-order valence-electron chi connectivity index (χ0n) is 11.2. The fraction of sp³-hybridized carbons (Fsp3) is 0.429. The number of Topliss-reactive ketones (excluding diaryl/α,β-unsaturated/α-hetero) is 1. The third-order valence-corrected chi connectivity index (χ3v) is 3.37. The molecule has 0 aliphatic rings. The predicted molar refractivity (Wildman–Crippen MR) is 75.1 cm³/mol. The largest absolute Gasteiger partial charge is 0.293 e. The van der Waals surface area contributed by atoms with Crippen LogP contribution in [0.1, 0.15) is 36.7 Å². The molecule has 4 heteroatoms. The summed E-state index contributed by atoms with van der Waals surface area (Å²) >= 11 is 0. The molecule has 1 aromatic rings. The lowest BCUT2D eigenvalue weighted by molar-refractivity contribution is 0.0854. The van der Waals surface area contributed by atoms with Crippen LogP contribution in [0.3, 0.4) is 0 Å². The molecule has 1 atom stereocenters. The second-order valence-electron chi connectivity index (χ2n) is 5.72. The van der Waals surface area contributed by atoms with Crippen LogP contribution in [0.15, 0.2) is 18.2 Å². The van der Waals surface area contributed by atoms with Crippen molar-refractivity contribution in [2.45, 2.75) is 26.5 Å². The van der Waals surface area contributed by atoms with E-state index in [1.807, 2.05) is 0 Å². The first-order valence-corrected chi connectivity index (χ1v) is 7.94. The van der Waals surface area contributed by atoms with Gasteiger partial charge in [0.25, 0.3) is 0 Å². The SMILES string of the molecule is C=S(C)(=O)Cc1ccc(F)c(C(=O)C(C)(C)C)c1. The highest BCUT2D eigenvalue weighted by molar-refractivity contribution is 7.98. The lowest BCUT2D eigenvalue weighted by Crippen LogP contribution is -2.21. The molecule has 0 saturated heterocycles. The van der Waals surface area contributed by atoms with Gasteiger partial charge in [0.05, 0.1) is 5.56 Å². The monoisotopic (exact) mass is 270 g/mol. The molecule has 0 heterocycles. The molecule has 0 radical (unpaired) electrons. The van der Waals surface area contributed by atoms with Gasteiger partial charge in [0.1, 0.15) is 5.82 Å². The van der Waals surface area contributed by atoms with Crippen molar-refractivity contribution in [2.75, 3.05) is 6.26 Å². The minimum atomic E-state index is -2.20. The van der Waals surface area contributed by atoms with Gasteiger partial charge in [0, 0.05) is 17.4 Å². The summed E-state index contributed by atoms with van der Waals surface area (Å²) in [5.74, 6) is 3.02. The number of benzene rings is 1. The highest BCUT2D eigenvalue weighted by Crippen LogP contribution is 2.23. The summed E-state index contributed by atoms with van der Waals surface area (Å²) in [6, 6.07) is 4.28. The van der Waals surface area contributed by atoms with Crippen LogP contribution in [0.4, 0.5) is 4.39 Å². The van der Waals surface area contributed by atoms with Crippen molar-refractivity contribution in [1.82, 2.24) is 0 Å². The van der Waals surface area contributed by atoms with Gasteiger partial charge in [-0.1, -0.05) is 26.8 Å². The molecule has 100 valence electrons. The van der Waals surface area contributed by atoms with Crippen molar-refractivity contribution in [3.63, 3.8) is 0 Å². The van der Waals surface area contributed by atoms with Crippen LogP contribution in [0.2, 0.25) is 0 Å². The molecule has 1 rings (SSSR count). The first-order valence-electron chi connectivity index (χ1n) is 5.64. The number of hydrogen-bond donors (Lipinski definition) is 0. The van der Waals surface area contributed by atoms with E-state index in [0.29, 0.717) is 5.56 Å².